The van der Waals surface area contributed by atoms with Crippen LogP contribution in [0.25, 0.3) is 0 Å². The molecule has 0 heterocycles. The number of carbonyl (C=O) groups is 1. The zero-order valence-electron chi connectivity index (χ0n) is 13.9. The summed E-state index contributed by atoms with van der Waals surface area (Å²) in [5.41, 5.74) is 0.611. The largest absolute Gasteiger partial charge is 0.466 e. The van der Waals surface area contributed by atoms with E-state index in [9.17, 15) is 4.79 Å². The van der Waals surface area contributed by atoms with Gasteiger partial charge in [-0.25, -0.2) is 0 Å². The Morgan fingerprint density at radius 1 is 1.37 bits per heavy atom. The van der Waals surface area contributed by atoms with Crippen LogP contribution in [-0.2, 0) is 9.53 Å². The van der Waals surface area contributed by atoms with Crippen LogP contribution in [0.5, 0.6) is 0 Å². The number of carbonyl (C=O) groups excluding carboxylic acids is 1. The average Bonchev–Trinajstić information content (AvgIpc) is 2.28. The molecule has 0 aromatic heterocycles. The fraction of sp³-hybridized carbons (Fsp3) is 0.812. The van der Waals surface area contributed by atoms with E-state index >= 15 is 0 Å². The fourth-order valence-corrected chi connectivity index (χ4v) is 5.05. The average molecular weight is 285 g/mol. The van der Waals surface area contributed by atoms with Crippen LogP contribution < -0.4 is 0 Å². The summed E-state index contributed by atoms with van der Waals surface area (Å²) in [6.45, 7) is 20.5. The number of esters is 1. The van der Waals surface area contributed by atoms with Crippen molar-refractivity contribution < 1.29 is 9.53 Å². The van der Waals surface area contributed by atoms with Gasteiger partial charge in [-0.05, 0) is 29.8 Å². The summed E-state index contributed by atoms with van der Waals surface area (Å²) >= 11 is 0. The lowest BCUT2D eigenvalue weighted by molar-refractivity contribution is -0.143. The second-order valence-corrected chi connectivity index (χ2v) is 12.9. The molecule has 0 N–H and O–H groups in total. The maximum Gasteiger partial charge on any atom is 0.305 e. The summed E-state index contributed by atoms with van der Waals surface area (Å²) in [5, 5.41) is 0.359. The van der Waals surface area contributed by atoms with Gasteiger partial charge >= 0.3 is 5.97 Å². The first-order valence-corrected chi connectivity index (χ1v) is 10.4. The molecule has 0 bridgehead atoms. The predicted octanol–water partition coefficient (Wildman–Crippen LogP) is 5.03. The fourth-order valence-electron chi connectivity index (χ4n) is 2.31. The van der Waals surface area contributed by atoms with Crippen molar-refractivity contribution in [1.29, 1.82) is 0 Å². The molecular formula is C16H32O2Si. The van der Waals surface area contributed by atoms with Gasteiger partial charge in [0.1, 0.15) is 0 Å². The Kier molecular flexibility index (Phi) is 7.05. The minimum Gasteiger partial charge on any atom is -0.466 e. The minimum absolute atomic E-state index is 0.0863. The van der Waals surface area contributed by atoms with Crippen LogP contribution in [0.3, 0.4) is 0 Å². The van der Waals surface area contributed by atoms with E-state index in [-0.39, 0.29) is 5.97 Å². The van der Waals surface area contributed by atoms with Crippen molar-refractivity contribution in [2.24, 2.45) is 5.92 Å². The molecular weight excluding hydrogens is 252 g/mol. The zero-order chi connectivity index (χ0) is 15.3. The summed E-state index contributed by atoms with van der Waals surface area (Å²) < 4.78 is 5.01. The molecule has 2 nitrogen and oxygen atoms in total. The Hall–Kier alpha value is -0.573. The molecule has 2 unspecified atom stereocenters. The van der Waals surface area contributed by atoms with Crippen molar-refractivity contribution in [2.45, 2.75) is 71.1 Å². The smallest absolute Gasteiger partial charge is 0.305 e. The number of rotatable bonds is 7. The van der Waals surface area contributed by atoms with E-state index < -0.39 is 8.07 Å². The molecule has 0 rings (SSSR count). The van der Waals surface area contributed by atoms with Gasteiger partial charge in [-0.15, -0.1) is 6.58 Å². The SMILES string of the molecule is C=CC(CCC(=O)OCC)C(C)[Si](C)(C)C(C)(C)C. The van der Waals surface area contributed by atoms with Gasteiger partial charge in [-0.2, -0.15) is 0 Å². The molecule has 0 amide bonds. The van der Waals surface area contributed by atoms with Crippen LogP contribution in [-0.4, -0.2) is 20.7 Å². The Labute approximate surface area is 120 Å². The summed E-state index contributed by atoms with van der Waals surface area (Å²) in [7, 11) is -1.41. The second-order valence-electron chi connectivity index (χ2n) is 7.00. The predicted molar refractivity (Wildman–Crippen MR) is 86.2 cm³/mol. The van der Waals surface area contributed by atoms with Gasteiger partial charge in [-0.3, -0.25) is 4.79 Å². The molecule has 0 aliphatic heterocycles. The molecule has 2 atom stereocenters. The molecule has 0 aliphatic rings. The maximum atomic E-state index is 11.5. The third kappa shape index (κ3) is 5.13. The van der Waals surface area contributed by atoms with Crippen LogP contribution in [0.2, 0.25) is 23.7 Å². The minimum atomic E-state index is -1.41. The molecule has 0 fully saturated rings. The van der Waals surface area contributed by atoms with Crippen molar-refractivity contribution in [3.05, 3.63) is 12.7 Å². The Bertz CT molecular complexity index is 302. The quantitative estimate of drug-likeness (QED) is 0.372. The second kappa shape index (κ2) is 7.27. The monoisotopic (exact) mass is 284 g/mol. The Balaban J connectivity index is 4.69. The van der Waals surface area contributed by atoms with E-state index in [1.807, 2.05) is 13.0 Å². The highest BCUT2D eigenvalue weighted by molar-refractivity contribution is 6.81. The molecule has 0 saturated heterocycles. The van der Waals surface area contributed by atoms with Crippen molar-refractivity contribution in [1.82, 2.24) is 0 Å². The zero-order valence-corrected chi connectivity index (χ0v) is 14.9. The summed E-state index contributed by atoms with van der Waals surface area (Å²) in [5.74, 6) is 0.321. The van der Waals surface area contributed by atoms with Crippen molar-refractivity contribution in [2.75, 3.05) is 6.61 Å². The van der Waals surface area contributed by atoms with Crippen LogP contribution >= 0.6 is 0 Å². The van der Waals surface area contributed by atoms with Gasteiger partial charge in [-0.1, -0.05) is 46.9 Å². The molecule has 0 saturated carbocycles. The van der Waals surface area contributed by atoms with E-state index in [2.05, 4.69) is 47.4 Å². The van der Waals surface area contributed by atoms with Crippen molar-refractivity contribution >= 4 is 14.0 Å². The van der Waals surface area contributed by atoms with Gasteiger partial charge in [0.25, 0.3) is 0 Å². The third-order valence-electron chi connectivity index (χ3n) is 5.00. The highest BCUT2D eigenvalue weighted by Gasteiger charge is 2.42. The first-order chi connectivity index (χ1) is 8.57. The highest BCUT2D eigenvalue weighted by Crippen LogP contribution is 2.47. The van der Waals surface area contributed by atoms with E-state index in [1.165, 1.54) is 0 Å². The topological polar surface area (TPSA) is 26.3 Å². The van der Waals surface area contributed by atoms with E-state index in [0.717, 1.165) is 6.42 Å². The summed E-state index contributed by atoms with van der Waals surface area (Å²) in [6.07, 6.45) is 3.39. The van der Waals surface area contributed by atoms with Gasteiger partial charge < -0.3 is 4.74 Å². The lowest BCUT2D eigenvalue weighted by Gasteiger charge is -2.44. The molecule has 3 heteroatoms. The highest BCUT2D eigenvalue weighted by atomic mass is 28.3. The molecule has 0 radical (unpaired) electrons. The van der Waals surface area contributed by atoms with Gasteiger partial charge in [0.05, 0.1) is 14.7 Å². The van der Waals surface area contributed by atoms with Crippen LogP contribution in [0, 0.1) is 5.92 Å². The van der Waals surface area contributed by atoms with Crippen molar-refractivity contribution in [3.8, 4) is 0 Å². The Morgan fingerprint density at radius 3 is 2.26 bits per heavy atom. The standard InChI is InChI=1S/C16H32O2Si/c1-9-14(11-12-15(17)18-10-2)13(3)19(7,8)16(4,5)6/h9,13-14H,1,10-12H2,2-8H3. The van der Waals surface area contributed by atoms with Crippen LogP contribution in [0.1, 0.15) is 47.5 Å². The molecule has 0 aromatic rings. The number of hydrogen-bond donors (Lipinski definition) is 0. The van der Waals surface area contributed by atoms with Crippen LogP contribution in [0.4, 0.5) is 0 Å². The normalized spacial score (nSPS) is 15.7. The number of allylic oxidation sites excluding steroid dienone is 1. The van der Waals surface area contributed by atoms with Gasteiger partial charge in [0, 0.05) is 6.42 Å². The lowest BCUT2D eigenvalue weighted by atomic mass is 10.00. The maximum absolute atomic E-state index is 11.5. The first kappa shape index (κ1) is 18.4. The molecule has 0 spiro atoms. The summed E-state index contributed by atoms with van der Waals surface area (Å²) in [4.78, 5) is 11.5. The van der Waals surface area contributed by atoms with Gasteiger partial charge in [0.15, 0.2) is 0 Å². The van der Waals surface area contributed by atoms with Crippen LogP contribution in [0.15, 0.2) is 12.7 Å². The van der Waals surface area contributed by atoms with E-state index in [1.54, 1.807) is 0 Å². The third-order valence-corrected chi connectivity index (χ3v) is 11.6. The summed E-state index contributed by atoms with van der Waals surface area (Å²) in [6, 6.07) is 0. The molecule has 0 aliphatic carbocycles. The van der Waals surface area contributed by atoms with E-state index in [0.29, 0.717) is 29.5 Å². The Morgan fingerprint density at radius 2 is 1.89 bits per heavy atom. The molecule has 112 valence electrons. The van der Waals surface area contributed by atoms with Crippen molar-refractivity contribution in [3.63, 3.8) is 0 Å². The van der Waals surface area contributed by atoms with E-state index in [4.69, 9.17) is 4.74 Å². The number of ether oxygens (including phenoxy) is 1. The number of hydrogen-bond acceptors (Lipinski definition) is 2. The van der Waals surface area contributed by atoms with Gasteiger partial charge in [0.2, 0.25) is 0 Å². The lowest BCUT2D eigenvalue weighted by Crippen LogP contribution is -2.43. The first-order valence-electron chi connectivity index (χ1n) is 7.36. The molecule has 0 aromatic carbocycles. The molecule has 19 heavy (non-hydrogen) atoms.